The van der Waals surface area contributed by atoms with Gasteiger partial charge < -0.3 is 15.0 Å². The van der Waals surface area contributed by atoms with E-state index in [1.54, 1.807) is 19.5 Å². The monoisotopic (exact) mass is 381 g/mol. The Labute approximate surface area is 165 Å². The Bertz CT molecular complexity index is 819. The quantitative estimate of drug-likeness (QED) is 0.828. The van der Waals surface area contributed by atoms with Crippen LogP contribution in [0.15, 0.2) is 24.5 Å². The van der Waals surface area contributed by atoms with E-state index in [9.17, 15) is 4.79 Å². The van der Waals surface area contributed by atoms with Gasteiger partial charge in [0.2, 0.25) is 5.91 Å². The van der Waals surface area contributed by atoms with Gasteiger partial charge in [0.1, 0.15) is 5.82 Å². The number of pyridine rings is 1. The third-order valence-electron chi connectivity index (χ3n) is 5.58. The summed E-state index contributed by atoms with van der Waals surface area (Å²) in [5.41, 5.74) is 3.42. The van der Waals surface area contributed by atoms with Crippen LogP contribution in [0.1, 0.15) is 36.9 Å². The van der Waals surface area contributed by atoms with E-state index in [-0.39, 0.29) is 5.91 Å². The molecule has 0 aromatic carbocycles. The van der Waals surface area contributed by atoms with Crippen LogP contribution in [0, 0.1) is 0 Å². The van der Waals surface area contributed by atoms with Crippen LogP contribution in [0.5, 0.6) is 0 Å². The number of nitrogens with one attached hydrogen (secondary N) is 1. The number of hydrogen-bond acceptors (Lipinski definition) is 6. The molecule has 28 heavy (non-hydrogen) atoms. The van der Waals surface area contributed by atoms with Gasteiger partial charge in [0.25, 0.3) is 0 Å². The summed E-state index contributed by atoms with van der Waals surface area (Å²) in [5, 5.41) is 3.66. The second kappa shape index (κ2) is 8.65. The predicted octanol–water partition coefficient (Wildman–Crippen LogP) is 2.47. The molecule has 1 aliphatic carbocycles. The number of likely N-dealkylation sites (tertiary alicyclic amines) is 1. The van der Waals surface area contributed by atoms with Crippen LogP contribution >= 0.6 is 0 Å². The number of methoxy groups -OCH3 is 1. The Morgan fingerprint density at radius 3 is 2.75 bits per heavy atom. The van der Waals surface area contributed by atoms with Gasteiger partial charge in [-0.15, -0.1) is 0 Å². The van der Waals surface area contributed by atoms with Crippen LogP contribution in [0.3, 0.4) is 0 Å². The van der Waals surface area contributed by atoms with E-state index in [4.69, 9.17) is 14.7 Å². The molecule has 1 fully saturated rings. The van der Waals surface area contributed by atoms with Crippen LogP contribution in [-0.2, 0) is 22.4 Å². The molecule has 2 aromatic rings. The number of rotatable bonds is 6. The van der Waals surface area contributed by atoms with Crippen molar-refractivity contribution in [1.82, 2.24) is 19.9 Å². The third-order valence-corrected chi connectivity index (χ3v) is 5.58. The Hall–Kier alpha value is -2.54. The van der Waals surface area contributed by atoms with Gasteiger partial charge >= 0.3 is 0 Å². The predicted molar refractivity (Wildman–Crippen MR) is 107 cm³/mol. The summed E-state index contributed by atoms with van der Waals surface area (Å²) in [7, 11) is 1.63. The normalized spacial score (nSPS) is 16.8. The Balaban J connectivity index is 1.45. The molecule has 0 radical (unpaired) electrons. The standard InChI is InChI=1S/C21H27N5O2/c1-28-14-9-19(27)26-12-7-16(8-13-26)23-21-17-3-2-4-18(17)24-20(25-21)15-5-10-22-11-6-15/h5-6,10-11,16H,2-4,7-9,12-14H2,1H3,(H,23,24,25). The molecule has 2 aliphatic rings. The molecule has 2 aromatic heterocycles. The molecule has 4 rings (SSSR count). The SMILES string of the molecule is COCCC(=O)N1CCC(Nc2nc(-c3ccncc3)nc3c2CCC3)CC1. The number of hydrogen-bond donors (Lipinski definition) is 1. The summed E-state index contributed by atoms with van der Waals surface area (Å²) in [4.78, 5) is 27.9. The third kappa shape index (κ3) is 4.14. The highest BCUT2D eigenvalue weighted by atomic mass is 16.5. The Morgan fingerprint density at radius 1 is 1.21 bits per heavy atom. The number of nitrogens with zero attached hydrogens (tertiary/aromatic N) is 4. The van der Waals surface area contributed by atoms with Crippen LogP contribution in [0.25, 0.3) is 11.4 Å². The van der Waals surface area contributed by atoms with E-state index in [0.29, 0.717) is 19.1 Å². The molecule has 1 amide bonds. The van der Waals surface area contributed by atoms with E-state index >= 15 is 0 Å². The zero-order valence-corrected chi connectivity index (χ0v) is 16.4. The number of carbonyl (C=O) groups is 1. The fourth-order valence-corrected chi connectivity index (χ4v) is 4.00. The smallest absolute Gasteiger partial charge is 0.224 e. The topological polar surface area (TPSA) is 80.2 Å². The van der Waals surface area contributed by atoms with Gasteiger partial charge in [-0.25, -0.2) is 9.97 Å². The number of aryl methyl sites for hydroxylation is 1. The lowest BCUT2D eigenvalue weighted by Gasteiger charge is -2.33. The summed E-state index contributed by atoms with van der Waals surface area (Å²) in [6.45, 7) is 2.05. The van der Waals surface area contributed by atoms with E-state index in [1.807, 2.05) is 17.0 Å². The maximum Gasteiger partial charge on any atom is 0.224 e. The first-order valence-corrected chi connectivity index (χ1v) is 10.1. The van der Waals surface area contributed by atoms with Crippen molar-refractivity contribution in [2.24, 2.45) is 0 Å². The lowest BCUT2D eigenvalue weighted by Crippen LogP contribution is -2.42. The van der Waals surface area contributed by atoms with Crippen molar-refractivity contribution < 1.29 is 9.53 Å². The van der Waals surface area contributed by atoms with Crippen LogP contribution in [-0.4, -0.2) is 58.6 Å². The fraction of sp³-hybridized carbons (Fsp3) is 0.524. The summed E-state index contributed by atoms with van der Waals surface area (Å²) < 4.78 is 5.02. The second-order valence-electron chi connectivity index (χ2n) is 7.45. The van der Waals surface area contributed by atoms with Crippen LogP contribution in [0.2, 0.25) is 0 Å². The maximum atomic E-state index is 12.2. The number of amides is 1. The van der Waals surface area contributed by atoms with Crippen molar-refractivity contribution in [2.45, 2.75) is 44.6 Å². The summed E-state index contributed by atoms with van der Waals surface area (Å²) in [6, 6.07) is 4.23. The molecule has 1 N–H and O–H groups in total. The number of piperidine rings is 1. The molecule has 7 heteroatoms. The van der Waals surface area contributed by atoms with Crippen molar-refractivity contribution in [3.05, 3.63) is 35.8 Å². The fourth-order valence-electron chi connectivity index (χ4n) is 4.00. The highest BCUT2D eigenvalue weighted by Crippen LogP contribution is 2.30. The molecule has 7 nitrogen and oxygen atoms in total. The van der Waals surface area contributed by atoms with Crippen LogP contribution in [0.4, 0.5) is 5.82 Å². The summed E-state index contributed by atoms with van der Waals surface area (Å²) in [5.74, 6) is 1.92. The van der Waals surface area contributed by atoms with E-state index in [1.165, 1.54) is 5.56 Å². The van der Waals surface area contributed by atoms with E-state index < -0.39 is 0 Å². The first-order valence-electron chi connectivity index (χ1n) is 10.1. The molecule has 1 aliphatic heterocycles. The molecule has 0 bridgehead atoms. The van der Waals surface area contributed by atoms with Crippen molar-refractivity contribution in [2.75, 3.05) is 32.1 Å². The van der Waals surface area contributed by atoms with Crippen molar-refractivity contribution >= 4 is 11.7 Å². The largest absolute Gasteiger partial charge is 0.384 e. The van der Waals surface area contributed by atoms with Gasteiger partial charge in [0.05, 0.1) is 13.0 Å². The Morgan fingerprint density at radius 2 is 2.00 bits per heavy atom. The minimum atomic E-state index is 0.184. The van der Waals surface area contributed by atoms with Gasteiger partial charge in [0, 0.05) is 55.5 Å². The van der Waals surface area contributed by atoms with Crippen LogP contribution < -0.4 is 5.32 Å². The first-order chi connectivity index (χ1) is 13.7. The number of anilines is 1. The molecule has 0 saturated carbocycles. The number of carbonyl (C=O) groups excluding carboxylic acids is 1. The average molecular weight is 381 g/mol. The van der Waals surface area contributed by atoms with Crippen molar-refractivity contribution in [3.8, 4) is 11.4 Å². The van der Waals surface area contributed by atoms with Gasteiger partial charge in [-0.1, -0.05) is 0 Å². The molecule has 1 saturated heterocycles. The maximum absolute atomic E-state index is 12.2. The highest BCUT2D eigenvalue weighted by Gasteiger charge is 2.25. The Kier molecular flexibility index (Phi) is 5.81. The van der Waals surface area contributed by atoms with Gasteiger partial charge in [-0.05, 0) is 44.2 Å². The second-order valence-corrected chi connectivity index (χ2v) is 7.45. The number of ether oxygens (including phenoxy) is 1. The van der Waals surface area contributed by atoms with E-state index in [2.05, 4.69) is 10.3 Å². The minimum Gasteiger partial charge on any atom is -0.384 e. The molecular formula is C21H27N5O2. The van der Waals surface area contributed by atoms with Crippen molar-refractivity contribution in [1.29, 1.82) is 0 Å². The molecule has 3 heterocycles. The van der Waals surface area contributed by atoms with Gasteiger partial charge in [-0.2, -0.15) is 0 Å². The lowest BCUT2D eigenvalue weighted by molar-refractivity contribution is -0.133. The zero-order valence-electron chi connectivity index (χ0n) is 16.4. The zero-order chi connectivity index (χ0) is 19.3. The summed E-state index contributed by atoms with van der Waals surface area (Å²) >= 11 is 0. The van der Waals surface area contributed by atoms with E-state index in [0.717, 1.165) is 68.1 Å². The lowest BCUT2D eigenvalue weighted by atomic mass is 10.0. The molecule has 148 valence electrons. The summed E-state index contributed by atoms with van der Waals surface area (Å²) in [6.07, 6.45) is 9.04. The first kappa shape index (κ1) is 18.8. The van der Waals surface area contributed by atoms with Gasteiger partial charge in [-0.3, -0.25) is 9.78 Å². The molecule has 0 unspecified atom stereocenters. The molecule has 0 atom stereocenters. The molecular weight excluding hydrogens is 354 g/mol. The minimum absolute atomic E-state index is 0.184. The highest BCUT2D eigenvalue weighted by molar-refractivity contribution is 5.76. The van der Waals surface area contributed by atoms with Crippen molar-refractivity contribution in [3.63, 3.8) is 0 Å². The molecule has 0 spiro atoms. The number of fused-ring (bicyclic) bond motifs is 1. The average Bonchev–Trinajstić information content (AvgIpc) is 3.22. The van der Waals surface area contributed by atoms with Gasteiger partial charge in [0.15, 0.2) is 5.82 Å². The number of aromatic nitrogens is 3.